The number of likely N-dealkylation sites (tertiary alicyclic amines) is 1. The molecule has 3 heterocycles. The summed E-state index contributed by atoms with van der Waals surface area (Å²) in [6, 6.07) is 14.4. The zero-order valence-corrected chi connectivity index (χ0v) is 18.0. The van der Waals surface area contributed by atoms with Crippen molar-refractivity contribution in [2.75, 3.05) is 6.54 Å². The molecule has 0 bridgehead atoms. The minimum absolute atomic E-state index is 0.0191. The molecule has 2 aromatic heterocycles. The maximum Gasteiger partial charge on any atom is 0.275 e. The van der Waals surface area contributed by atoms with Crippen molar-refractivity contribution in [3.63, 3.8) is 0 Å². The van der Waals surface area contributed by atoms with Crippen molar-refractivity contribution in [1.29, 1.82) is 0 Å². The summed E-state index contributed by atoms with van der Waals surface area (Å²) in [5.41, 5.74) is 5.97. The van der Waals surface area contributed by atoms with Gasteiger partial charge in [0.2, 0.25) is 5.91 Å². The van der Waals surface area contributed by atoms with E-state index in [0.29, 0.717) is 17.3 Å². The number of hydrogen-bond donors (Lipinski definition) is 1. The summed E-state index contributed by atoms with van der Waals surface area (Å²) >= 11 is 1.59. The van der Waals surface area contributed by atoms with Crippen LogP contribution in [0, 0.1) is 0 Å². The van der Waals surface area contributed by atoms with Crippen molar-refractivity contribution in [3.8, 4) is 0 Å². The molecular formula is C23H21N5O3S. The number of piperidine rings is 1. The van der Waals surface area contributed by atoms with Crippen molar-refractivity contribution in [1.82, 2.24) is 19.7 Å². The van der Waals surface area contributed by atoms with E-state index in [2.05, 4.69) is 5.10 Å². The average Bonchev–Trinajstić information content (AvgIpc) is 3.25. The normalized spacial score (nSPS) is 16.5. The summed E-state index contributed by atoms with van der Waals surface area (Å²) < 4.78 is 2.13. The number of benzene rings is 2. The van der Waals surface area contributed by atoms with Crippen molar-refractivity contribution in [2.24, 2.45) is 5.73 Å². The largest absolute Gasteiger partial charge is 0.364 e. The van der Waals surface area contributed by atoms with Gasteiger partial charge in [-0.1, -0.05) is 30.3 Å². The number of fused-ring (bicyclic) bond motifs is 2. The Kier molecular flexibility index (Phi) is 5.18. The maximum absolute atomic E-state index is 13.3. The molecule has 4 aromatic rings. The van der Waals surface area contributed by atoms with Gasteiger partial charge in [-0.15, -0.1) is 11.3 Å². The predicted molar refractivity (Wildman–Crippen MR) is 122 cm³/mol. The first-order valence-corrected chi connectivity index (χ1v) is 11.3. The fourth-order valence-corrected chi connectivity index (χ4v) is 5.38. The van der Waals surface area contributed by atoms with E-state index >= 15 is 0 Å². The van der Waals surface area contributed by atoms with E-state index in [1.54, 1.807) is 40.5 Å². The Morgan fingerprint density at radius 1 is 1.06 bits per heavy atom. The lowest BCUT2D eigenvalue weighted by Gasteiger charge is -2.34. The van der Waals surface area contributed by atoms with Crippen molar-refractivity contribution >= 4 is 44.1 Å². The standard InChI is InChI=1S/C23H21N5O3S/c24-21(30)20-14-7-1-2-8-15(14)23(31)28(26-20)13-19(29)27-12-6-5-10-17(27)22-25-16-9-3-4-11-18(16)32-22/h1-4,7-9,11,17H,5-6,10,12-13H2,(H2,24,30)/t17-/m1/s1. The summed E-state index contributed by atoms with van der Waals surface area (Å²) in [5.74, 6) is -0.970. The van der Waals surface area contributed by atoms with Crippen LogP contribution in [0.5, 0.6) is 0 Å². The van der Waals surface area contributed by atoms with Crippen molar-refractivity contribution in [3.05, 3.63) is 69.6 Å². The monoisotopic (exact) mass is 447 g/mol. The van der Waals surface area contributed by atoms with Crippen LogP contribution in [-0.4, -0.2) is 38.0 Å². The number of nitrogens with zero attached hydrogens (tertiary/aromatic N) is 4. The molecule has 2 amide bonds. The van der Waals surface area contributed by atoms with E-state index in [-0.39, 0.29) is 24.2 Å². The summed E-state index contributed by atoms with van der Waals surface area (Å²) in [5, 5.41) is 5.73. The summed E-state index contributed by atoms with van der Waals surface area (Å²) in [6.07, 6.45) is 2.71. The third-order valence-corrected chi connectivity index (χ3v) is 6.94. The molecular weight excluding hydrogens is 426 g/mol. The summed E-state index contributed by atoms with van der Waals surface area (Å²) in [4.78, 5) is 44.7. The van der Waals surface area contributed by atoms with Gasteiger partial charge in [-0.3, -0.25) is 14.4 Å². The van der Waals surface area contributed by atoms with E-state index < -0.39 is 11.5 Å². The molecule has 0 unspecified atom stereocenters. The topological polar surface area (TPSA) is 111 Å². The van der Waals surface area contributed by atoms with E-state index in [4.69, 9.17) is 10.7 Å². The van der Waals surface area contributed by atoms with Crippen LogP contribution in [-0.2, 0) is 11.3 Å². The Bertz CT molecular complexity index is 1380. The van der Waals surface area contributed by atoms with Gasteiger partial charge >= 0.3 is 0 Å². The SMILES string of the molecule is NC(=O)c1nn(CC(=O)N2CCCC[C@@H]2c2nc3ccccc3s2)c(=O)c2ccccc12. The van der Waals surface area contributed by atoms with Crippen LogP contribution < -0.4 is 11.3 Å². The first-order valence-electron chi connectivity index (χ1n) is 10.5. The van der Waals surface area contributed by atoms with E-state index in [1.165, 1.54) is 0 Å². The molecule has 1 fully saturated rings. The number of primary amides is 1. The first kappa shape index (κ1) is 20.3. The number of thiazole rings is 1. The second-order valence-electron chi connectivity index (χ2n) is 7.84. The van der Waals surface area contributed by atoms with E-state index in [0.717, 1.165) is 39.2 Å². The molecule has 8 nitrogen and oxygen atoms in total. The molecule has 0 spiro atoms. The van der Waals surface area contributed by atoms with Gasteiger partial charge in [0.1, 0.15) is 11.6 Å². The summed E-state index contributed by atoms with van der Waals surface area (Å²) in [7, 11) is 0. The maximum atomic E-state index is 13.3. The third kappa shape index (κ3) is 3.54. The van der Waals surface area contributed by atoms with Gasteiger partial charge in [-0.25, -0.2) is 9.67 Å². The van der Waals surface area contributed by atoms with Crippen molar-refractivity contribution in [2.45, 2.75) is 31.8 Å². The first-order chi connectivity index (χ1) is 15.5. The number of carbonyl (C=O) groups is 2. The van der Waals surface area contributed by atoms with Gasteiger partial charge in [-0.05, 0) is 37.5 Å². The van der Waals surface area contributed by atoms with Crippen LogP contribution in [0.1, 0.15) is 40.8 Å². The van der Waals surface area contributed by atoms with E-state index in [1.807, 2.05) is 24.3 Å². The fraction of sp³-hybridized carbons (Fsp3) is 0.261. The van der Waals surface area contributed by atoms with Crippen LogP contribution in [0.25, 0.3) is 21.0 Å². The van der Waals surface area contributed by atoms with Gasteiger partial charge in [0.25, 0.3) is 11.5 Å². The quantitative estimate of drug-likeness (QED) is 0.517. The van der Waals surface area contributed by atoms with Gasteiger partial charge in [0, 0.05) is 11.9 Å². The lowest BCUT2D eigenvalue weighted by atomic mass is 10.0. The Morgan fingerprint density at radius 2 is 1.81 bits per heavy atom. The highest BCUT2D eigenvalue weighted by atomic mass is 32.1. The molecule has 2 aromatic carbocycles. The highest BCUT2D eigenvalue weighted by molar-refractivity contribution is 7.18. The second-order valence-corrected chi connectivity index (χ2v) is 8.90. The molecule has 2 N–H and O–H groups in total. The summed E-state index contributed by atoms with van der Waals surface area (Å²) in [6.45, 7) is 0.329. The number of amides is 2. The molecule has 1 atom stereocenters. The number of nitrogens with two attached hydrogens (primary N) is 1. The molecule has 0 saturated carbocycles. The number of para-hydroxylation sites is 1. The number of rotatable bonds is 4. The van der Waals surface area contributed by atoms with Gasteiger partial charge < -0.3 is 10.6 Å². The van der Waals surface area contributed by atoms with Crippen LogP contribution in [0.4, 0.5) is 0 Å². The molecule has 162 valence electrons. The molecule has 1 aliphatic rings. The molecule has 1 saturated heterocycles. The van der Waals surface area contributed by atoms with E-state index in [9.17, 15) is 14.4 Å². The minimum atomic E-state index is -0.743. The highest BCUT2D eigenvalue weighted by Crippen LogP contribution is 2.35. The lowest BCUT2D eigenvalue weighted by Crippen LogP contribution is -2.42. The zero-order valence-electron chi connectivity index (χ0n) is 17.2. The van der Waals surface area contributed by atoms with Crippen molar-refractivity contribution < 1.29 is 9.59 Å². The Morgan fingerprint density at radius 3 is 2.59 bits per heavy atom. The number of hydrogen-bond acceptors (Lipinski definition) is 6. The molecule has 0 radical (unpaired) electrons. The van der Waals surface area contributed by atoms with Crippen LogP contribution in [0.15, 0.2) is 53.3 Å². The number of aromatic nitrogens is 3. The van der Waals surface area contributed by atoms with Gasteiger partial charge in [-0.2, -0.15) is 5.10 Å². The lowest BCUT2D eigenvalue weighted by molar-refractivity contribution is -0.136. The Hall–Kier alpha value is -3.59. The Balaban J connectivity index is 1.49. The van der Waals surface area contributed by atoms with Crippen LogP contribution >= 0.6 is 11.3 Å². The number of carbonyl (C=O) groups excluding carboxylic acids is 2. The minimum Gasteiger partial charge on any atom is -0.364 e. The molecule has 1 aliphatic heterocycles. The highest BCUT2D eigenvalue weighted by Gasteiger charge is 2.31. The van der Waals surface area contributed by atoms with Gasteiger partial charge in [0.05, 0.1) is 21.6 Å². The second kappa shape index (κ2) is 8.16. The predicted octanol–water partition coefficient (Wildman–Crippen LogP) is 2.86. The Labute approximate surface area is 187 Å². The fourth-order valence-electron chi connectivity index (χ4n) is 4.26. The smallest absolute Gasteiger partial charge is 0.275 e. The van der Waals surface area contributed by atoms with Crippen LogP contribution in [0.3, 0.4) is 0 Å². The van der Waals surface area contributed by atoms with Crippen LogP contribution in [0.2, 0.25) is 0 Å². The zero-order chi connectivity index (χ0) is 22.2. The average molecular weight is 448 g/mol. The molecule has 5 rings (SSSR count). The molecule has 9 heteroatoms. The van der Waals surface area contributed by atoms with Gasteiger partial charge in [0.15, 0.2) is 5.69 Å². The molecule has 32 heavy (non-hydrogen) atoms. The third-order valence-electron chi connectivity index (χ3n) is 5.80. The molecule has 0 aliphatic carbocycles.